The summed E-state index contributed by atoms with van der Waals surface area (Å²) in [7, 11) is 1.20. The van der Waals surface area contributed by atoms with Gasteiger partial charge in [-0.2, -0.15) is 0 Å². The van der Waals surface area contributed by atoms with Crippen molar-refractivity contribution in [3.05, 3.63) is 35.9 Å². The molecule has 114 valence electrons. The highest BCUT2D eigenvalue weighted by atomic mass is 16.6. The first-order valence-corrected chi connectivity index (χ1v) is 6.63. The Kier molecular flexibility index (Phi) is 6.94. The number of ether oxygens (including phenoxy) is 2. The van der Waals surface area contributed by atoms with Crippen LogP contribution in [0.3, 0.4) is 0 Å². The maximum atomic E-state index is 11.7. The molecule has 1 aromatic rings. The van der Waals surface area contributed by atoms with Gasteiger partial charge in [0.25, 0.3) is 0 Å². The zero-order chi connectivity index (χ0) is 15.7. The van der Waals surface area contributed by atoms with Crippen molar-refractivity contribution in [3.8, 4) is 0 Å². The first-order valence-electron chi connectivity index (χ1n) is 6.63. The van der Waals surface area contributed by atoms with E-state index in [0.717, 1.165) is 5.56 Å². The third-order valence-electron chi connectivity index (χ3n) is 2.82. The summed E-state index contributed by atoms with van der Waals surface area (Å²) in [5, 5.41) is 2.35. The minimum Gasteiger partial charge on any atom is -0.467 e. The second-order valence-corrected chi connectivity index (χ2v) is 4.38. The zero-order valence-electron chi connectivity index (χ0n) is 12.1. The van der Waals surface area contributed by atoms with E-state index in [0.29, 0.717) is 0 Å². The van der Waals surface area contributed by atoms with Crippen molar-refractivity contribution in [3.63, 3.8) is 0 Å². The van der Waals surface area contributed by atoms with Crippen LogP contribution in [0.5, 0.6) is 0 Å². The highest BCUT2D eigenvalue weighted by Crippen LogP contribution is 2.03. The van der Waals surface area contributed by atoms with Gasteiger partial charge in [-0.3, -0.25) is 4.79 Å². The van der Waals surface area contributed by atoms with E-state index in [4.69, 9.17) is 4.74 Å². The summed E-state index contributed by atoms with van der Waals surface area (Å²) < 4.78 is 9.56. The lowest BCUT2D eigenvalue weighted by Gasteiger charge is -2.15. The number of benzene rings is 1. The summed E-state index contributed by atoms with van der Waals surface area (Å²) in [6.07, 6.45) is -0.587. The molecular weight excluding hydrogens is 274 g/mol. The standard InChI is InChI=1S/C15H19NO5/c1-3-12(17)9-13(14(18)20-2)16-15(19)21-10-11-7-5-4-6-8-11/h4-8,13H,3,9-10H2,1-2H3,(H,16,19)/t13-/m0/s1. The van der Waals surface area contributed by atoms with Gasteiger partial charge in [-0.05, 0) is 5.56 Å². The van der Waals surface area contributed by atoms with Crippen molar-refractivity contribution in [1.82, 2.24) is 5.32 Å². The van der Waals surface area contributed by atoms with E-state index >= 15 is 0 Å². The van der Waals surface area contributed by atoms with Gasteiger partial charge >= 0.3 is 12.1 Å². The van der Waals surface area contributed by atoms with Crippen LogP contribution in [0.1, 0.15) is 25.3 Å². The highest BCUT2D eigenvalue weighted by molar-refractivity contribution is 5.88. The second-order valence-electron chi connectivity index (χ2n) is 4.38. The zero-order valence-corrected chi connectivity index (χ0v) is 12.1. The lowest BCUT2D eigenvalue weighted by molar-refractivity contribution is -0.144. The molecule has 6 nitrogen and oxygen atoms in total. The number of ketones is 1. The summed E-state index contributed by atoms with van der Waals surface area (Å²) in [6, 6.07) is 8.11. The van der Waals surface area contributed by atoms with Gasteiger partial charge in [0, 0.05) is 12.8 Å². The van der Waals surface area contributed by atoms with E-state index in [1.807, 2.05) is 30.3 Å². The van der Waals surface area contributed by atoms with E-state index in [9.17, 15) is 14.4 Å². The number of rotatable bonds is 7. The summed E-state index contributed by atoms with van der Waals surface area (Å²) in [6.45, 7) is 1.77. The fourth-order valence-corrected chi connectivity index (χ4v) is 1.61. The minimum absolute atomic E-state index is 0.0856. The number of amides is 1. The number of carbonyl (C=O) groups excluding carboxylic acids is 3. The summed E-state index contributed by atoms with van der Waals surface area (Å²) in [5.74, 6) is -0.817. The first-order chi connectivity index (χ1) is 10.1. The summed E-state index contributed by atoms with van der Waals surface area (Å²) in [4.78, 5) is 34.6. The fraction of sp³-hybridized carbons (Fsp3) is 0.400. The Morgan fingerprint density at radius 3 is 2.43 bits per heavy atom. The van der Waals surface area contributed by atoms with Gasteiger partial charge in [0.1, 0.15) is 18.4 Å². The topological polar surface area (TPSA) is 81.7 Å². The average Bonchev–Trinajstić information content (AvgIpc) is 2.52. The van der Waals surface area contributed by atoms with E-state index in [2.05, 4.69) is 10.1 Å². The third kappa shape index (κ3) is 6.07. The Morgan fingerprint density at radius 1 is 1.19 bits per heavy atom. The molecule has 1 atom stereocenters. The van der Waals surface area contributed by atoms with Crippen LogP contribution in [-0.4, -0.2) is 31.0 Å². The van der Waals surface area contributed by atoms with Gasteiger partial charge in [0.2, 0.25) is 0 Å². The smallest absolute Gasteiger partial charge is 0.408 e. The fourth-order valence-electron chi connectivity index (χ4n) is 1.61. The SMILES string of the molecule is CCC(=O)C[C@H](NC(=O)OCc1ccccc1)C(=O)OC. The highest BCUT2D eigenvalue weighted by Gasteiger charge is 2.24. The van der Waals surface area contributed by atoms with Crippen LogP contribution in [0.15, 0.2) is 30.3 Å². The number of alkyl carbamates (subject to hydrolysis) is 1. The van der Waals surface area contributed by atoms with Crippen molar-refractivity contribution in [2.24, 2.45) is 0 Å². The number of methoxy groups -OCH3 is 1. The summed E-state index contributed by atoms with van der Waals surface area (Å²) >= 11 is 0. The van der Waals surface area contributed by atoms with Crippen LogP contribution in [0.2, 0.25) is 0 Å². The molecule has 0 spiro atoms. The molecule has 0 heterocycles. The lowest BCUT2D eigenvalue weighted by Crippen LogP contribution is -2.43. The van der Waals surface area contributed by atoms with Gasteiger partial charge in [0.05, 0.1) is 7.11 Å². The number of Topliss-reactive ketones (excluding diaryl/α,β-unsaturated/α-hetero) is 1. The average molecular weight is 293 g/mol. The van der Waals surface area contributed by atoms with Gasteiger partial charge in [0.15, 0.2) is 0 Å². The Morgan fingerprint density at radius 2 is 1.86 bits per heavy atom. The largest absolute Gasteiger partial charge is 0.467 e. The molecule has 1 rings (SSSR count). The molecule has 21 heavy (non-hydrogen) atoms. The van der Waals surface area contributed by atoms with Crippen LogP contribution < -0.4 is 5.32 Å². The predicted octanol–water partition coefficient (Wildman–Crippen LogP) is 1.82. The molecule has 0 unspecified atom stereocenters. The maximum Gasteiger partial charge on any atom is 0.408 e. The molecular formula is C15H19NO5. The number of esters is 1. The normalized spacial score (nSPS) is 11.3. The number of hydrogen-bond acceptors (Lipinski definition) is 5. The quantitative estimate of drug-likeness (QED) is 0.775. The molecule has 0 aliphatic heterocycles. The Labute approximate surface area is 123 Å². The summed E-state index contributed by atoms with van der Waals surface area (Å²) in [5.41, 5.74) is 0.826. The predicted molar refractivity (Wildman–Crippen MR) is 75.5 cm³/mol. The Hall–Kier alpha value is -2.37. The van der Waals surface area contributed by atoms with Crippen LogP contribution in [0, 0.1) is 0 Å². The van der Waals surface area contributed by atoms with Crippen molar-refractivity contribution in [2.45, 2.75) is 32.4 Å². The van der Waals surface area contributed by atoms with Crippen LogP contribution in [0.4, 0.5) is 4.79 Å². The number of nitrogens with one attached hydrogen (secondary N) is 1. The molecule has 0 aliphatic rings. The molecule has 0 aromatic heterocycles. The molecule has 6 heteroatoms. The molecule has 1 N–H and O–H groups in total. The lowest BCUT2D eigenvalue weighted by atomic mass is 10.1. The van der Waals surface area contributed by atoms with E-state index in [1.165, 1.54) is 7.11 Å². The molecule has 0 bridgehead atoms. The molecule has 0 fully saturated rings. The molecule has 0 aliphatic carbocycles. The molecule has 0 saturated heterocycles. The van der Waals surface area contributed by atoms with Gasteiger partial charge in [-0.15, -0.1) is 0 Å². The Bertz CT molecular complexity index is 486. The molecule has 1 amide bonds. The van der Waals surface area contributed by atoms with E-state index in [-0.39, 0.29) is 25.2 Å². The van der Waals surface area contributed by atoms with Crippen molar-refractivity contribution in [1.29, 1.82) is 0 Å². The maximum absolute atomic E-state index is 11.7. The third-order valence-corrected chi connectivity index (χ3v) is 2.82. The van der Waals surface area contributed by atoms with E-state index < -0.39 is 18.1 Å². The van der Waals surface area contributed by atoms with Gasteiger partial charge in [-0.1, -0.05) is 37.3 Å². The molecule has 0 saturated carbocycles. The second kappa shape index (κ2) is 8.73. The van der Waals surface area contributed by atoms with E-state index in [1.54, 1.807) is 6.92 Å². The monoisotopic (exact) mass is 293 g/mol. The van der Waals surface area contributed by atoms with Crippen molar-refractivity contribution >= 4 is 17.8 Å². The van der Waals surface area contributed by atoms with Crippen LogP contribution in [0.25, 0.3) is 0 Å². The van der Waals surface area contributed by atoms with Crippen LogP contribution >= 0.6 is 0 Å². The molecule has 1 aromatic carbocycles. The number of hydrogen-bond donors (Lipinski definition) is 1. The number of carbonyl (C=O) groups is 3. The van der Waals surface area contributed by atoms with Crippen molar-refractivity contribution < 1.29 is 23.9 Å². The Balaban J connectivity index is 2.51. The van der Waals surface area contributed by atoms with Crippen molar-refractivity contribution in [2.75, 3.05) is 7.11 Å². The van der Waals surface area contributed by atoms with Gasteiger partial charge < -0.3 is 14.8 Å². The van der Waals surface area contributed by atoms with Crippen LogP contribution in [-0.2, 0) is 25.7 Å². The first kappa shape index (κ1) is 16.7. The molecule has 0 radical (unpaired) electrons. The van der Waals surface area contributed by atoms with Gasteiger partial charge in [-0.25, -0.2) is 9.59 Å². The minimum atomic E-state index is -1.02.